The Balaban J connectivity index is 0.000000436. The van der Waals surface area contributed by atoms with Gasteiger partial charge >= 0.3 is 12.4 Å². The SMILES string of the molecule is CCn1c[n+](CC)c2ccc(C(=O)N3CC[C@@H](N(C[C@H](O)[C@@H](O)[C@H](O)[C@H](O)CO)C[C@H](O)[C@@H](O)[C@H](O)[C@H](O)CO)C3)cc21.CCn1c[n+](CC)c2ccc(C(=O)N3CC[C@@H](N(C[C@H](O)[C@@H](O)[C@H](O)[C@H](O)CO)C[C@H](O)[C@@H](O)[C@H](O)[C@H](O)CO)C3)cc21.O=C([O-])C(F)(F)F.O=C([O-])C(F)(F)F. The summed E-state index contributed by atoms with van der Waals surface area (Å²) in [4.78, 5) is 50.8. The topological polar surface area (TPSA) is 550 Å². The van der Waals surface area contributed by atoms with Crippen molar-refractivity contribution in [1.82, 2.24) is 28.7 Å². The van der Waals surface area contributed by atoms with Crippen LogP contribution in [0.1, 0.15) is 61.3 Å². The van der Waals surface area contributed by atoms with Crippen LogP contribution >= 0.6 is 0 Å². The molecule has 40 heteroatoms. The number of aliphatic carboxylic acids is 2. The lowest BCUT2D eigenvalue weighted by molar-refractivity contribution is -0.668. The van der Waals surface area contributed by atoms with Crippen molar-refractivity contribution in [3.63, 3.8) is 0 Å². The largest absolute Gasteiger partial charge is 0.542 e. The van der Waals surface area contributed by atoms with E-state index in [0.717, 1.165) is 48.2 Å². The predicted molar refractivity (Wildman–Crippen MR) is 325 cm³/mol. The number of likely N-dealkylation sites (tertiary alicyclic amines) is 2. The maximum atomic E-state index is 13.5. The summed E-state index contributed by atoms with van der Waals surface area (Å²) >= 11 is 0. The number of carbonyl (C=O) groups excluding carboxylic acids is 4. The van der Waals surface area contributed by atoms with E-state index in [1.807, 2.05) is 73.7 Å². The molecule has 0 spiro atoms. The van der Waals surface area contributed by atoms with E-state index in [9.17, 15) is 118 Å². The fourth-order valence-corrected chi connectivity index (χ4v) is 11.1. The zero-order chi connectivity index (χ0) is 76.2. The second-order valence-corrected chi connectivity index (χ2v) is 23.8. The monoisotopic (exact) mass is 1460 g/mol. The molecule has 2 amide bonds. The molecule has 0 saturated carbocycles. The van der Waals surface area contributed by atoms with Gasteiger partial charge in [-0.25, -0.2) is 18.3 Å². The molecule has 34 nitrogen and oxygen atoms in total. The summed E-state index contributed by atoms with van der Waals surface area (Å²) in [6.45, 7) is 6.99. The van der Waals surface area contributed by atoms with Crippen LogP contribution in [-0.2, 0) is 35.8 Å². The van der Waals surface area contributed by atoms with Crippen LogP contribution in [0, 0.1) is 0 Å². The molecule has 2 aromatic heterocycles. The Kier molecular flexibility index (Phi) is 35.4. The molecule has 2 aliphatic rings. The van der Waals surface area contributed by atoms with Gasteiger partial charge in [0.25, 0.3) is 11.8 Å². The number of nitrogens with zero attached hydrogens (tertiary/aromatic N) is 8. The highest BCUT2D eigenvalue weighted by molar-refractivity contribution is 5.98. The summed E-state index contributed by atoms with van der Waals surface area (Å²) in [5.41, 5.74) is 4.76. The third-order valence-corrected chi connectivity index (χ3v) is 17.0. The fourth-order valence-electron chi connectivity index (χ4n) is 11.1. The van der Waals surface area contributed by atoms with Crippen molar-refractivity contribution < 1.29 is 167 Å². The summed E-state index contributed by atoms with van der Waals surface area (Å²) in [6.07, 6.45) is -34.4. The van der Waals surface area contributed by atoms with Gasteiger partial charge in [0, 0.05) is 87.7 Å². The highest BCUT2D eigenvalue weighted by Gasteiger charge is 2.42. The Hall–Kier alpha value is -6.04. The second kappa shape index (κ2) is 40.1. The van der Waals surface area contributed by atoms with E-state index in [-0.39, 0.29) is 24.9 Å². The normalized spacial score (nSPS) is 20.1. The Morgan fingerprint density at radius 3 is 0.900 bits per heavy atom. The van der Waals surface area contributed by atoms with Gasteiger partial charge in [-0.15, -0.1) is 0 Å². The Morgan fingerprint density at radius 2 is 0.690 bits per heavy atom. The van der Waals surface area contributed by atoms with Crippen LogP contribution in [0.2, 0.25) is 0 Å². The first-order valence-corrected chi connectivity index (χ1v) is 31.6. The van der Waals surface area contributed by atoms with Crippen LogP contribution in [0.25, 0.3) is 22.1 Å². The Labute approximate surface area is 567 Å². The summed E-state index contributed by atoms with van der Waals surface area (Å²) in [6, 6.07) is 9.96. The predicted octanol–water partition coefficient (Wildman–Crippen LogP) is -10.7. The van der Waals surface area contributed by atoms with E-state index >= 15 is 0 Å². The van der Waals surface area contributed by atoms with Crippen molar-refractivity contribution >= 4 is 45.8 Å². The minimum atomic E-state index is -5.19. The molecular weight excluding hydrogens is 1360 g/mol. The van der Waals surface area contributed by atoms with Crippen molar-refractivity contribution in [3.05, 3.63) is 60.2 Å². The van der Waals surface area contributed by atoms with Gasteiger partial charge in [0.1, 0.15) is 85.2 Å². The molecule has 0 aliphatic carbocycles. The maximum Gasteiger partial charge on any atom is 0.430 e. The first-order chi connectivity index (χ1) is 46.6. The van der Waals surface area contributed by atoms with Crippen molar-refractivity contribution in [2.75, 3.05) is 78.8 Å². The summed E-state index contributed by atoms with van der Waals surface area (Å²) in [5, 5.41) is 217. The zero-order valence-corrected chi connectivity index (χ0v) is 55.0. The second-order valence-electron chi connectivity index (χ2n) is 23.8. The van der Waals surface area contributed by atoms with Gasteiger partial charge in [-0.2, -0.15) is 26.3 Å². The standard InChI is InChI=1S/2C28H47N4O11.2C2HF3O2/c2*1-3-29-15-30(4-2)19-9-16(5-6-18(19)29)28(43)31-8-7-17(10-31)32(11-20(35)24(39)26(41)22(37)13-33)12-21(36)25(40)27(42)23(38)14-34;2*3-2(4,5)1(6)7/h2*5-6,9,15,17,20-27,33-42H,3-4,7-8,10-14H2,1-2H3;2*(H,6,7)/q2*+1;;/p-2/t2*17-,20+,21+,22-,23-,24-,25-,26-,27-;;/m11../s1. The third kappa shape index (κ3) is 24.0. The number of hydrogen-bond acceptors (Lipinski definition) is 28. The van der Waals surface area contributed by atoms with Crippen molar-refractivity contribution in [1.29, 1.82) is 0 Å². The molecule has 4 aromatic rings. The number of aromatic nitrogens is 4. The molecule has 0 radical (unpaired) electrons. The summed E-state index contributed by atoms with van der Waals surface area (Å²) in [7, 11) is 0. The number of carbonyl (C=O) groups is 4. The number of carboxylic acid groups (broad SMARTS) is 2. The average molecular weight is 1460 g/mol. The number of aryl methyl sites for hydroxylation is 4. The van der Waals surface area contributed by atoms with E-state index in [4.69, 9.17) is 40.2 Å². The molecule has 4 heterocycles. The van der Waals surface area contributed by atoms with Gasteiger partial charge in [0.2, 0.25) is 12.7 Å². The van der Waals surface area contributed by atoms with Gasteiger partial charge in [-0.05, 0) is 64.8 Å². The van der Waals surface area contributed by atoms with Crippen molar-refractivity contribution in [2.24, 2.45) is 0 Å². The number of imidazole rings is 2. The average Bonchev–Trinajstić information content (AvgIpc) is 1.64. The number of fused-ring (bicyclic) bond motifs is 2. The molecule has 6 rings (SSSR count). The highest BCUT2D eigenvalue weighted by Crippen LogP contribution is 2.26. The molecule has 0 unspecified atom stereocenters. The molecule has 572 valence electrons. The molecule has 2 saturated heterocycles. The number of halogens is 6. The molecule has 0 bridgehead atoms. The Bertz CT molecular complexity index is 2910. The number of hydrogen-bond donors (Lipinski definition) is 20. The number of aliphatic hydroxyl groups is 20. The number of alkyl halides is 6. The third-order valence-electron chi connectivity index (χ3n) is 17.0. The lowest BCUT2D eigenvalue weighted by atomic mass is 10.00. The quantitative estimate of drug-likeness (QED) is 0.0159. The number of aliphatic hydroxyl groups excluding tert-OH is 20. The minimum absolute atomic E-state index is 0.149. The zero-order valence-electron chi connectivity index (χ0n) is 55.0. The van der Waals surface area contributed by atoms with Gasteiger partial charge in [-0.1, -0.05) is 0 Å². The van der Waals surface area contributed by atoms with E-state index < -0.39 is 187 Å². The molecule has 2 aliphatic heterocycles. The summed E-state index contributed by atoms with van der Waals surface area (Å²) < 4.78 is 71.4. The Morgan fingerprint density at radius 1 is 0.450 bits per heavy atom. The van der Waals surface area contributed by atoms with E-state index in [2.05, 4.69) is 9.13 Å². The maximum absolute atomic E-state index is 13.5. The van der Waals surface area contributed by atoms with Crippen LogP contribution in [0.15, 0.2) is 49.1 Å². The fraction of sp³-hybridized carbons (Fsp3) is 0.700. The molecule has 2 fully saturated rings. The van der Waals surface area contributed by atoms with Crippen LogP contribution in [-0.4, -0.2) is 356 Å². The number of rotatable bonds is 32. The van der Waals surface area contributed by atoms with Crippen LogP contribution < -0.4 is 19.3 Å². The van der Waals surface area contributed by atoms with E-state index in [0.29, 0.717) is 37.1 Å². The number of amides is 2. The van der Waals surface area contributed by atoms with Crippen LogP contribution in [0.5, 0.6) is 0 Å². The van der Waals surface area contributed by atoms with Gasteiger partial charge < -0.3 is 132 Å². The molecule has 2 aromatic carbocycles. The van der Waals surface area contributed by atoms with E-state index in [1.165, 1.54) is 9.80 Å². The molecule has 18 atom stereocenters. The number of benzene rings is 2. The first-order valence-electron chi connectivity index (χ1n) is 31.6. The van der Waals surface area contributed by atoms with Crippen LogP contribution in [0.3, 0.4) is 0 Å². The highest BCUT2D eigenvalue weighted by atomic mass is 19.4. The van der Waals surface area contributed by atoms with Gasteiger partial charge in [0.15, 0.2) is 22.1 Å². The molecule has 20 N–H and O–H groups in total. The lowest BCUT2D eigenvalue weighted by Gasteiger charge is -2.36. The first kappa shape index (κ1) is 88.2. The van der Waals surface area contributed by atoms with Crippen molar-refractivity contribution in [2.45, 2.75) is 189 Å². The summed E-state index contributed by atoms with van der Waals surface area (Å²) in [5.74, 6) is -6.49. The minimum Gasteiger partial charge on any atom is -0.542 e. The van der Waals surface area contributed by atoms with E-state index in [1.54, 1.807) is 21.9 Å². The molecular formula is C60H94F6N8O26. The van der Waals surface area contributed by atoms with Gasteiger partial charge in [-0.3, -0.25) is 19.4 Å². The van der Waals surface area contributed by atoms with Gasteiger partial charge in [0.05, 0.1) is 77.0 Å². The van der Waals surface area contributed by atoms with Crippen LogP contribution in [0.4, 0.5) is 26.3 Å². The lowest BCUT2D eigenvalue weighted by Crippen LogP contribution is -2.55. The smallest absolute Gasteiger partial charge is 0.430 e. The number of carboxylic acids is 2. The van der Waals surface area contributed by atoms with Crippen molar-refractivity contribution in [3.8, 4) is 0 Å². The molecule has 100 heavy (non-hydrogen) atoms.